The smallest absolute Gasteiger partial charge is 0.407 e. The van der Waals surface area contributed by atoms with Crippen LogP contribution in [0, 0.1) is 11.3 Å². The van der Waals surface area contributed by atoms with E-state index in [9.17, 15) is 14.7 Å². The van der Waals surface area contributed by atoms with E-state index in [-0.39, 0.29) is 49.5 Å². The van der Waals surface area contributed by atoms with Gasteiger partial charge in [-0.3, -0.25) is 4.79 Å². The van der Waals surface area contributed by atoms with Crippen molar-refractivity contribution < 1.29 is 24.2 Å². The number of amides is 2. The molecule has 5 atom stereocenters. The van der Waals surface area contributed by atoms with Crippen LogP contribution < -0.4 is 20.3 Å². The highest BCUT2D eigenvalue weighted by molar-refractivity contribution is 5.87. The first-order valence-corrected chi connectivity index (χ1v) is 17.3. The minimum atomic E-state index is -0.925. The summed E-state index contributed by atoms with van der Waals surface area (Å²) in [7, 11) is 5.43. The predicted molar refractivity (Wildman–Crippen MR) is 192 cm³/mol. The Morgan fingerprint density at radius 2 is 1.71 bits per heavy atom. The number of aromatic nitrogens is 4. The van der Waals surface area contributed by atoms with Gasteiger partial charge in [-0.05, 0) is 58.7 Å². The van der Waals surface area contributed by atoms with E-state index >= 15 is 0 Å². The zero-order valence-corrected chi connectivity index (χ0v) is 28.8. The van der Waals surface area contributed by atoms with Gasteiger partial charge in [0.05, 0.1) is 20.0 Å². The molecule has 0 unspecified atom stereocenters. The lowest BCUT2D eigenvalue weighted by Crippen LogP contribution is -2.52. The lowest BCUT2D eigenvalue weighted by atomic mass is 9.97. The number of rotatable bonds is 11. The summed E-state index contributed by atoms with van der Waals surface area (Å²) < 4.78 is 13.2. The standard InChI is InChI=1S/C39H41N7O5/c1-45(2)35-34-36(41-21-40-35)46(22-42-34)32-17-33(39(20-47)18-30(32)39)44-37(48)31(16-23-12-14-24(50-3)15-13-23)43-38(49)51-19-29-27-10-6-4-8-25(27)26-9-5-7-11-28(26)29/h4-15,21-22,29-33,47H,16-20H2,1-3H3,(H,43,49)(H,44,48)/t30-,31+,32+,33+,39+/m1/s1. The van der Waals surface area contributed by atoms with E-state index in [1.807, 2.05) is 67.5 Å². The van der Waals surface area contributed by atoms with Crippen LogP contribution in [0.1, 0.15) is 41.5 Å². The normalized spacial score (nSPS) is 22.1. The molecule has 2 heterocycles. The van der Waals surface area contributed by atoms with Gasteiger partial charge < -0.3 is 34.7 Å². The van der Waals surface area contributed by atoms with Gasteiger partial charge in [0, 0.05) is 43.9 Å². The van der Waals surface area contributed by atoms with Crippen molar-refractivity contribution in [3.63, 3.8) is 0 Å². The summed E-state index contributed by atoms with van der Waals surface area (Å²) in [6.45, 7) is 0.0704. The van der Waals surface area contributed by atoms with Gasteiger partial charge >= 0.3 is 6.09 Å². The number of benzene rings is 3. The van der Waals surface area contributed by atoms with Crippen LogP contribution in [0.15, 0.2) is 85.5 Å². The van der Waals surface area contributed by atoms with Crippen molar-refractivity contribution in [3.8, 4) is 16.9 Å². The molecule has 51 heavy (non-hydrogen) atoms. The summed E-state index contributed by atoms with van der Waals surface area (Å²) in [5.41, 5.74) is 6.30. The van der Waals surface area contributed by atoms with Crippen molar-refractivity contribution >= 4 is 29.0 Å². The molecule has 0 radical (unpaired) electrons. The van der Waals surface area contributed by atoms with Crippen LogP contribution in [-0.2, 0) is 16.0 Å². The molecule has 2 saturated carbocycles. The van der Waals surface area contributed by atoms with Crippen molar-refractivity contribution in [1.29, 1.82) is 0 Å². The van der Waals surface area contributed by atoms with Crippen LogP contribution in [0.3, 0.4) is 0 Å². The van der Waals surface area contributed by atoms with E-state index in [2.05, 4.69) is 54.4 Å². The Morgan fingerprint density at radius 3 is 2.37 bits per heavy atom. The number of fused-ring (bicyclic) bond motifs is 5. The zero-order chi connectivity index (χ0) is 35.3. The summed E-state index contributed by atoms with van der Waals surface area (Å²) >= 11 is 0. The molecule has 8 rings (SSSR count). The first-order chi connectivity index (χ1) is 24.8. The molecule has 12 heteroatoms. The molecule has 0 saturated heterocycles. The lowest BCUT2D eigenvalue weighted by molar-refractivity contribution is -0.124. The van der Waals surface area contributed by atoms with Crippen LogP contribution in [-0.4, -0.2) is 83.1 Å². The maximum absolute atomic E-state index is 14.2. The molecule has 262 valence electrons. The maximum atomic E-state index is 14.2. The minimum absolute atomic E-state index is 0.0208. The van der Waals surface area contributed by atoms with E-state index in [1.165, 1.54) is 6.33 Å². The molecule has 0 aliphatic heterocycles. The van der Waals surface area contributed by atoms with Crippen molar-refractivity contribution in [3.05, 3.63) is 102 Å². The molecule has 3 aliphatic carbocycles. The summed E-state index contributed by atoms with van der Waals surface area (Å²) in [5, 5.41) is 16.8. The Balaban J connectivity index is 1.00. The number of ether oxygens (including phenoxy) is 2. The highest BCUT2D eigenvalue weighted by Crippen LogP contribution is 2.67. The SMILES string of the molecule is COc1ccc(C[C@H](NC(=O)OCC2c3ccccc3-c3ccccc32)C(=O)N[C@H]2C[C@H](n3cnc4c(N(C)C)ncnc43)[C@H]3C[C@@]23CO)cc1. The second-order valence-corrected chi connectivity index (χ2v) is 14.1. The molecule has 3 N–H and O–H groups in total. The maximum Gasteiger partial charge on any atom is 0.407 e. The van der Waals surface area contributed by atoms with Gasteiger partial charge in [0.1, 0.15) is 24.7 Å². The number of methoxy groups -OCH3 is 1. The third-order valence-corrected chi connectivity index (χ3v) is 11.1. The van der Waals surface area contributed by atoms with Gasteiger partial charge in [0.15, 0.2) is 17.0 Å². The van der Waals surface area contributed by atoms with Crippen LogP contribution in [0.5, 0.6) is 5.75 Å². The fraction of sp³-hybridized carbons (Fsp3) is 0.359. The number of anilines is 1. The molecular weight excluding hydrogens is 646 g/mol. The quantitative estimate of drug-likeness (QED) is 0.183. The Kier molecular flexibility index (Phi) is 8.33. The van der Waals surface area contributed by atoms with Gasteiger partial charge in [0.25, 0.3) is 0 Å². The highest BCUT2D eigenvalue weighted by atomic mass is 16.5. The molecule has 2 aromatic heterocycles. The number of nitrogens with zero attached hydrogens (tertiary/aromatic N) is 5. The summed E-state index contributed by atoms with van der Waals surface area (Å²) in [4.78, 5) is 43.1. The van der Waals surface area contributed by atoms with E-state index < -0.39 is 17.6 Å². The fourth-order valence-electron chi connectivity index (χ4n) is 8.38. The monoisotopic (exact) mass is 687 g/mol. The highest BCUT2D eigenvalue weighted by Gasteiger charge is 2.68. The van der Waals surface area contributed by atoms with Gasteiger partial charge in [-0.15, -0.1) is 0 Å². The Hall–Kier alpha value is -5.49. The molecule has 3 aromatic carbocycles. The van der Waals surface area contributed by atoms with E-state index in [4.69, 9.17) is 9.47 Å². The van der Waals surface area contributed by atoms with Crippen LogP contribution >= 0.6 is 0 Å². The second kappa shape index (κ2) is 13.0. The first-order valence-electron chi connectivity index (χ1n) is 17.3. The van der Waals surface area contributed by atoms with Crippen molar-refractivity contribution in [2.45, 2.75) is 43.3 Å². The topological polar surface area (TPSA) is 144 Å². The zero-order valence-electron chi connectivity index (χ0n) is 28.8. The number of aliphatic hydroxyl groups excluding tert-OH is 1. The Bertz CT molecular complexity index is 2050. The number of alkyl carbamates (subject to hydrolysis) is 1. The third kappa shape index (κ3) is 5.73. The summed E-state index contributed by atoms with van der Waals surface area (Å²) in [6, 6.07) is 22.5. The molecule has 12 nitrogen and oxygen atoms in total. The number of carbonyl (C=O) groups is 2. The Labute approximate surface area is 295 Å². The van der Waals surface area contributed by atoms with Crippen molar-refractivity contribution in [2.24, 2.45) is 11.3 Å². The summed E-state index contributed by atoms with van der Waals surface area (Å²) in [6.07, 6.45) is 4.23. The van der Waals surface area contributed by atoms with E-state index in [1.54, 1.807) is 13.4 Å². The molecule has 5 aromatic rings. The number of nitrogens with one attached hydrogen (secondary N) is 2. The van der Waals surface area contributed by atoms with Gasteiger partial charge in [-0.25, -0.2) is 19.7 Å². The van der Waals surface area contributed by atoms with Crippen LogP contribution in [0.2, 0.25) is 0 Å². The van der Waals surface area contributed by atoms with Gasteiger partial charge in [0.2, 0.25) is 5.91 Å². The van der Waals surface area contributed by atoms with Crippen molar-refractivity contribution in [1.82, 2.24) is 30.2 Å². The van der Waals surface area contributed by atoms with Gasteiger partial charge in [-0.2, -0.15) is 0 Å². The molecule has 2 fully saturated rings. The Morgan fingerprint density at radius 1 is 1.00 bits per heavy atom. The lowest BCUT2D eigenvalue weighted by Gasteiger charge is -2.27. The fourth-order valence-corrected chi connectivity index (χ4v) is 8.38. The molecule has 0 spiro atoms. The van der Waals surface area contributed by atoms with Crippen LogP contribution in [0.4, 0.5) is 10.6 Å². The summed E-state index contributed by atoms with van der Waals surface area (Å²) in [5.74, 6) is 1.11. The second-order valence-electron chi connectivity index (χ2n) is 14.1. The first kappa shape index (κ1) is 32.7. The minimum Gasteiger partial charge on any atom is -0.497 e. The number of hydrogen-bond acceptors (Lipinski definition) is 9. The number of hydrogen-bond donors (Lipinski definition) is 3. The average molecular weight is 688 g/mol. The van der Waals surface area contributed by atoms with Crippen LogP contribution in [0.25, 0.3) is 22.3 Å². The molecular formula is C39H41N7O5. The molecule has 2 amide bonds. The number of aliphatic hydroxyl groups is 1. The van der Waals surface area contributed by atoms with E-state index in [0.717, 1.165) is 45.7 Å². The largest absolute Gasteiger partial charge is 0.497 e. The third-order valence-electron chi connectivity index (χ3n) is 11.1. The van der Waals surface area contributed by atoms with Gasteiger partial charge in [-0.1, -0.05) is 60.7 Å². The number of imidazole rings is 1. The predicted octanol–water partition coefficient (Wildman–Crippen LogP) is 4.48. The van der Waals surface area contributed by atoms with E-state index in [0.29, 0.717) is 17.7 Å². The van der Waals surface area contributed by atoms with Crippen molar-refractivity contribution in [2.75, 3.05) is 39.3 Å². The number of carbonyl (C=O) groups excluding carboxylic acids is 2. The molecule has 3 aliphatic rings. The average Bonchev–Trinajstić information content (AvgIpc) is 3.42. The molecule has 0 bridgehead atoms.